The number of hydrogen-bond acceptors (Lipinski definition) is 4. The minimum atomic E-state index is -0.641. The number of carbonyl (C=O) groups is 1. The molecular weight excluding hydrogens is 363 g/mol. The molecule has 142 valence electrons. The van der Waals surface area contributed by atoms with Crippen LogP contribution in [0.2, 0.25) is 0 Å². The molecule has 0 spiro atoms. The second-order valence-corrected chi connectivity index (χ2v) is 9.97. The highest BCUT2D eigenvalue weighted by molar-refractivity contribution is 7.15. The Hall–Kier alpha value is -1.79. The van der Waals surface area contributed by atoms with E-state index < -0.39 is 11.0 Å². The SMILES string of the molecule is O=C(Nc1ncc(Cc2ccc(F)cc2)s1)C12CC3CC(CC(O)(C3)C1)C2. The molecule has 27 heavy (non-hydrogen) atoms. The van der Waals surface area contributed by atoms with Gasteiger partial charge in [-0.1, -0.05) is 12.1 Å². The maximum atomic E-state index is 13.1. The van der Waals surface area contributed by atoms with Gasteiger partial charge in [0.1, 0.15) is 5.82 Å². The fraction of sp³-hybridized carbons (Fsp3) is 0.524. The second-order valence-electron chi connectivity index (χ2n) is 8.85. The van der Waals surface area contributed by atoms with Gasteiger partial charge in [-0.2, -0.15) is 0 Å². The van der Waals surface area contributed by atoms with Gasteiger partial charge in [-0.25, -0.2) is 9.37 Å². The smallest absolute Gasteiger partial charge is 0.232 e. The molecule has 2 unspecified atom stereocenters. The largest absolute Gasteiger partial charge is 0.390 e. The zero-order valence-electron chi connectivity index (χ0n) is 15.1. The summed E-state index contributed by atoms with van der Waals surface area (Å²) in [6.45, 7) is 0. The Bertz CT molecular complexity index is 865. The molecule has 1 amide bonds. The molecule has 1 aromatic carbocycles. The number of hydrogen-bond donors (Lipinski definition) is 2. The first-order valence-electron chi connectivity index (χ1n) is 9.64. The predicted molar refractivity (Wildman–Crippen MR) is 102 cm³/mol. The zero-order chi connectivity index (χ0) is 18.6. The predicted octanol–water partition coefficient (Wildman–Crippen LogP) is 4.14. The van der Waals surface area contributed by atoms with E-state index in [2.05, 4.69) is 10.3 Å². The van der Waals surface area contributed by atoms with Gasteiger partial charge in [0.15, 0.2) is 5.13 Å². The quantitative estimate of drug-likeness (QED) is 0.830. The Kier molecular flexibility index (Phi) is 3.92. The highest BCUT2D eigenvalue weighted by Gasteiger charge is 2.60. The van der Waals surface area contributed by atoms with E-state index in [0.29, 0.717) is 29.8 Å². The third-order valence-corrected chi connectivity index (χ3v) is 7.49. The fourth-order valence-corrected chi connectivity index (χ4v) is 6.80. The molecule has 1 aromatic heterocycles. The standard InChI is InChI=1S/C21H23FN2O2S/c22-16-3-1-13(2-4-16)6-17-11-23-19(27-17)24-18(25)20-7-14-5-15(8-20)10-21(26,9-14)12-20/h1-4,11,14-15,26H,5-10,12H2,(H,23,24,25). The van der Waals surface area contributed by atoms with Gasteiger partial charge in [-0.3, -0.25) is 4.79 Å². The van der Waals surface area contributed by atoms with Crippen molar-refractivity contribution in [3.8, 4) is 0 Å². The van der Waals surface area contributed by atoms with Crippen LogP contribution in [-0.4, -0.2) is 21.6 Å². The van der Waals surface area contributed by atoms with E-state index >= 15 is 0 Å². The molecule has 4 fully saturated rings. The van der Waals surface area contributed by atoms with Crippen LogP contribution in [0.15, 0.2) is 30.5 Å². The van der Waals surface area contributed by atoms with Crippen LogP contribution >= 0.6 is 11.3 Å². The third kappa shape index (κ3) is 3.19. The number of nitrogens with zero attached hydrogens (tertiary/aromatic N) is 1. The summed E-state index contributed by atoms with van der Waals surface area (Å²) in [7, 11) is 0. The molecule has 2 atom stereocenters. The lowest BCUT2D eigenvalue weighted by molar-refractivity contribution is -0.174. The van der Waals surface area contributed by atoms with Crippen molar-refractivity contribution < 1.29 is 14.3 Å². The Morgan fingerprint density at radius 2 is 1.93 bits per heavy atom. The minimum absolute atomic E-state index is 0.0257. The normalized spacial score (nSPS) is 34.0. The van der Waals surface area contributed by atoms with Gasteiger partial charge in [0, 0.05) is 17.5 Å². The molecule has 4 nitrogen and oxygen atoms in total. The monoisotopic (exact) mass is 386 g/mol. The van der Waals surface area contributed by atoms with Crippen LogP contribution in [0.4, 0.5) is 9.52 Å². The van der Waals surface area contributed by atoms with Crippen LogP contribution in [0.25, 0.3) is 0 Å². The molecule has 4 aliphatic rings. The van der Waals surface area contributed by atoms with Gasteiger partial charge in [0.05, 0.1) is 11.0 Å². The average molecular weight is 386 g/mol. The molecule has 4 bridgehead atoms. The highest BCUT2D eigenvalue weighted by Crippen LogP contribution is 2.61. The van der Waals surface area contributed by atoms with E-state index in [1.54, 1.807) is 18.3 Å². The maximum absolute atomic E-state index is 13.1. The van der Waals surface area contributed by atoms with E-state index in [4.69, 9.17) is 0 Å². The second kappa shape index (κ2) is 6.11. The molecule has 4 saturated carbocycles. The number of anilines is 1. The number of amides is 1. The van der Waals surface area contributed by atoms with Gasteiger partial charge in [0.2, 0.25) is 5.91 Å². The summed E-state index contributed by atoms with van der Waals surface area (Å²) in [6.07, 6.45) is 7.70. The van der Waals surface area contributed by atoms with Crippen LogP contribution in [-0.2, 0) is 11.2 Å². The highest BCUT2D eigenvalue weighted by atomic mass is 32.1. The number of rotatable bonds is 4. The first-order chi connectivity index (χ1) is 12.9. The molecule has 0 radical (unpaired) electrons. The summed E-state index contributed by atoms with van der Waals surface area (Å²) >= 11 is 1.46. The van der Waals surface area contributed by atoms with Crippen molar-refractivity contribution in [3.63, 3.8) is 0 Å². The number of aliphatic hydroxyl groups is 1. The fourth-order valence-electron chi connectivity index (χ4n) is 5.96. The first kappa shape index (κ1) is 17.3. The van der Waals surface area contributed by atoms with Crippen molar-refractivity contribution in [1.29, 1.82) is 0 Å². The van der Waals surface area contributed by atoms with Crippen LogP contribution in [0.3, 0.4) is 0 Å². The van der Waals surface area contributed by atoms with Crippen molar-refractivity contribution in [2.24, 2.45) is 17.3 Å². The number of nitrogens with one attached hydrogen (secondary N) is 1. The van der Waals surface area contributed by atoms with Crippen LogP contribution < -0.4 is 5.32 Å². The summed E-state index contributed by atoms with van der Waals surface area (Å²) in [4.78, 5) is 18.5. The first-order valence-corrected chi connectivity index (χ1v) is 10.5. The lowest BCUT2D eigenvalue weighted by Gasteiger charge is -2.59. The van der Waals surface area contributed by atoms with Crippen molar-refractivity contribution in [2.45, 2.75) is 50.5 Å². The summed E-state index contributed by atoms with van der Waals surface area (Å²) in [5.41, 5.74) is -0.0547. The molecule has 1 heterocycles. The Labute approximate surface area is 161 Å². The number of benzene rings is 1. The lowest BCUT2D eigenvalue weighted by atomic mass is 9.47. The van der Waals surface area contributed by atoms with Crippen LogP contribution in [0.1, 0.15) is 49.0 Å². The molecule has 2 N–H and O–H groups in total. The minimum Gasteiger partial charge on any atom is -0.390 e. The van der Waals surface area contributed by atoms with E-state index in [1.807, 2.05) is 0 Å². The molecule has 6 rings (SSSR count). The van der Waals surface area contributed by atoms with Gasteiger partial charge >= 0.3 is 0 Å². The number of aromatic nitrogens is 1. The van der Waals surface area contributed by atoms with Crippen molar-refractivity contribution in [3.05, 3.63) is 46.7 Å². The molecule has 6 heteroatoms. The van der Waals surface area contributed by atoms with Gasteiger partial charge in [-0.15, -0.1) is 11.3 Å². The molecule has 4 aliphatic carbocycles. The summed E-state index contributed by atoms with van der Waals surface area (Å²) in [6, 6.07) is 6.44. The number of thiazole rings is 1. The molecule has 0 aliphatic heterocycles. The van der Waals surface area contributed by atoms with Crippen LogP contribution in [0, 0.1) is 23.1 Å². The van der Waals surface area contributed by atoms with Crippen molar-refractivity contribution in [1.82, 2.24) is 4.98 Å². The van der Waals surface area contributed by atoms with Crippen molar-refractivity contribution in [2.75, 3.05) is 5.32 Å². The van der Waals surface area contributed by atoms with Gasteiger partial charge in [-0.05, 0) is 68.1 Å². The Morgan fingerprint density at radius 1 is 1.22 bits per heavy atom. The van der Waals surface area contributed by atoms with Gasteiger partial charge in [0.25, 0.3) is 0 Å². The van der Waals surface area contributed by atoms with Crippen LogP contribution in [0.5, 0.6) is 0 Å². The maximum Gasteiger partial charge on any atom is 0.232 e. The summed E-state index contributed by atoms with van der Waals surface area (Å²) in [5, 5.41) is 14.5. The molecule has 2 aromatic rings. The topological polar surface area (TPSA) is 62.2 Å². The number of halogens is 1. The Morgan fingerprint density at radius 3 is 2.59 bits per heavy atom. The van der Waals surface area contributed by atoms with Crippen molar-refractivity contribution >= 4 is 22.4 Å². The zero-order valence-corrected chi connectivity index (χ0v) is 15.9. The van der Waals surface area contributed by atoms with E-state index in [9.17, 15) is 14.3 Å². The summed E-state index contributed by atoms with van der Waals surface area (Å²) in [5.74, 6) is 0.741. The summed E-state index contributed by atoms with van der Waals surface area (Å²) < 4.78 is 13.0. The molecular formula is C21H23FN2O2S. The average Bonchev–Trinajstić information content (AvgIpc) is 3.02. The third-order valence-electron chi connectivity index (χ3n) is 6.58. The Balaban J connectivity index is 1.29. The number of carbonyl (C=O) groups excluding carboxylic acids is 1. The van der Waals surface area contributed by atoms with E-state index in [1.165, 1.54) is 23.5 Å². The van der Waals surface area contributed by atoms with E-state index in [-0.39, 0.29) is 11.7 Å². The molecule has 0 saturated heterocycles. The van der Waals surface area contributed by atoms with Gasteiger partial charge < -0.3 is 10.4 Å². The lowest BCUT2D eigenvalue weighted by Crippen LogP contribution is -2.59. The van der Waals surface area contributed by atoms with E-state index in [0.717, 1.165) is 42.5 Å².